The quantitative estimate of drug-likeness (QED) is 0.382. The molecule has 7 nitrogen and oxygen atoms in total. The first-order valence-electron chi connectivity index (χ1n) is 11.2. The van der Waals surface area contributed by atoms with E-state index < -0.39 is 23.8 Å². The molecule has 35 heavy (non-hydrogen) atoms. The van der Waals surface area contributed by atoms with Crippen molar-refractivity contribution in [2.75, 3.05) is 19.5 Å². The van der Waals surface area contributed by atoms with Crippen LogP contribution >= 0.6 is 11.3 Å². The van der Waals surface area contributed by atoms with Gasteiger partial charge >= 0.3 is 11.9 Å². The number of methoxy groups -OCH3 is 1. The number of carbonyl (C=O) groups is 3. The molecule has 0 aliphatic carbocycles. The zero-order valence-corrected chi connectivity index (χ0v) is 20.8. The van der Waals surface area contributed by atoms with Crippen molar-refractivity contribution in [3.63, 3.8) is 0 Å². The maximum atomic E-state index is 13.3. The predicted octanol–water partition coefficient (Wildman–Crippen LogP) is 5.07. The minimum atomic E-state index is -0.717. The third-order valence-electron chi connectivity index (χ3n) is 6.09. The summed E-state index contributed by atoms with van der Waals surface area (Å²) in [6.07, 6.45) is 0. The zero-order chi connectivity index (χ0) is 25.3. The number of nitrogens with two attached hydrogens (primary N) is 1. The Morgan fingerprint density at radius 2 is 1.63 bits per heavy atom. The van der Waals surface area contributed by atoms with Gasteiger partial charge in [-0.25, -0.2) is 9.79 Å². The summed E-state index contributed by atoms with van der Waals surface area (Å²) in [5.41, 5.74) is 10.8. The lowest BCUT2D eigenvalue weighted by molar-refractivity contribution is -0.146. The van der Waals surface area contributed by atoms with Crippen LogP contribution in [0.2, 0.25) is 0 Å². The Labute approximate surface area is 207 Å². The Kier molecular flexibility index (Phi) is 6.84. The van der Waals surface area contributed by atoms with E-state index in [9.17, 15) is 14.4 Å². The molecule has 2 N–H and O–H groups in total. The number of rotatable bonds is 6. The van der Waals surface area contributed by atoms with Gasteiger partial charge in [0.1, 0.15) is 15.8 Å². The number of aryl methyl sites for hydroxylation is 1. The van der Waals surface area contributed by atoms with E-state index in [2.05, 4.69) is 4.99 Å². The first-order valence-corrected chi connectivity index (χ1v) is 12.0. The number of aliphatic imine (C=N–C) groups is 1. The number of esters is 2. The van der Waals surface area contributed by atoms with E-state index in [4.69, 9.17) is 15.2 Å². The lowest BCUT2D eigenvalue weighted by Crippen LogP contribution is -2.33. The topological polar surface area (TPSA) is 108 Å². The molecule has 2 heterocycles. The number of nitrogen functional groups attached to an aromatic ring is 1. The van der Waals surface area contributed by atoms with Crippen LogP contribution in [0.5, 0.6) is 0 Å². The average Bonchev–Trinajstić information content (AvgIpc) is 3.18. The summed E-state index contributed by atoms with van der Waals surface area (Å²) in [5, 5.41) is 0.595. The van der Waals surface area contributed by atoms with Crippen molar-refractivity contribution < 1.29 is 23.9 Å². The van der Waals surface area contributed by atoms with Crippen LogP contribution in [0.15, 0.2) is 53.5 Å². The summed E-state index contributed by atoms with van der Waals surface area (Å²) in [4.78, 5) is 43.4. The van der Waals surface area contributed by atoms with Crippen molar-refractivity contribution in [1.82, 2.24) is 0 Å². The number of anilines is 1. The van der Waals surface area contributed by atoms with Crippen LogP contribution in [0.4, 0.5) is 10.7 Å². The van der Waals surface area contributed by atoms with Gasteiger partial charge in [-0.05, 0) is 38.5 Å². The van der Waals surface area contributed by atoms with Gasteiger partial charge in [0.05, 0.1) is 25.0 Å². The van der Waals surface area contributed by atoms with Crippen LogP contribution in [0.3, 0.4) is 0 Å². The van der Waals surface area contributed by atoms with Gasteiger partial charge < -0.3 is 15.2 Å². The van der Waals surface area contributed by atoms with Gasteiger partial charge in [-0.3, -0.25) is 9.59 Å². The Morgan fingerprint density at radius 1 is 1.00 bits per heavy atom. The predicted molar refractivity (Wildman–Crippen MR) is 136 cm³/mol. The fourth-order valence-electron chi connectivity index (χ4n) is 4.31. The van der Waals surface area contributed by atoms with Crippen molar-refractivity contribution >= 4 is 45.5 Å². The summed E-state index contributed by atoms with van der Waals surface area (Å²) in [5.74, 6) is -2.31. The third kappa shape index (κ3) is 4.49. The van der Waals surface area contributed by atoms with Gasteiger partial charge in [0, 0.05) is 22.8 Å². The van der Waals surface area contributed by atoms with E-state index in [1.54, 1.807) is 50.2 Å². The van der Waals surface area contributed by atoms with E-state index in [-0.39, 0.29) is 12.4 Å². The number of hydrogen-bond donors (Lipinski definition) is 1. The number of ketones is 1. The number of nitrogens with zero attached hydrogens (tertiary/aromatic N) is 1. The lowest BCUT2D eigenvalue weighted by atomic mass is 9.76. The lowest BCUT2D eigenvalue weighted by Gasteiger charge is -2.30. The molecule has 180 valence electrons. The second-order valence-corrected chi connectivity index (χ2v) is 9.33. The molecule has 3 aromatic rings. The van der Waals surface area contributed by atoms with Gasteiger partial charge in [-0.15, -0.1) is 11.3 Å². The third-order valence-corrected chi connectivity index (χ3v) is 7.20. The average molecular weight is 491 g/mol. The first-order chi connectivity index (χ1) is 16.8. The molecule has 2 unspecified atom stereocenters. The number of fused-ring (bicyclic) bond motifs is 1. The number of ether oxygens (including phenoxy) is 2. The number of thiophene rings is 1. The smallest absolute Gasteiger partial charge is 0.337 e. The molecular formula is C27H26N2O5S. The van der Waals surface area contributed by atoms with E-state index in [0.29, 0.717) is 38.0 Å². The highest BCUT2D eigenvalue weighted by Crippen LogP contribution is 2.51. The molecule has 0 radical (unpaired) electrons. The zero-order valence-electron chi connectivity index (χ0n) is 20.0. The maximum absolute atomic E-state index is 13.3. The van der Waals surface area contributed by atoms with Crippen molar-refractivity contribution in [3.8, 4) is 0 Å². The molecule has 0 saturated heterocycles. The highest BCUT2D eigenvalue weighted by atomic mass is 32.1. The van der Waals surface area contributed by atoms with E-state index in [1.165, 1.54) is 18.4 Å². The van der Waals surface area contributed by atoms with E-state index in [1.807, 2.05) is 19.1 Å². The summed E-state index contributed by atoms with van der Waals surface area (Å²) in [6, 6.07) is 14.1. The van der Waals surface area contributed by atoms with Gasteiger partial charge in [0.25, 0.3) is 0 Å². The van der Waals surface area contributed by atoms with Crippen LogP contribution in [-0.4, -0.2) is 37.2 Å². The first kappa shape index (κ1) is 24.3. The molecule has 1 aliphatic rings. The molecule has 4 rings (SSSR count). The maximum Gasteiger partial charge on any atom is 0.337 e. The second-order valence-electron chi connectivity index (χ2n) is 8.33. The molecule has 0 saturated carbocycles. The molecule has 1 aliphatic heterocycles. The molecule has 0 amide bonds. The van der Waals surface area contributed by atoms with Crippen molar-refractivity contribution in [3.05, 3.63) is 81.2 Å². The molecule has 1 aromatic heterocycles. The standard InChI is InChI=1S/C27H26N2O5S/c1-5-34-27(32)19-15(3)29-25-21(20(19)16-10-12-18(13-11-16)26(31)33-4)22(28)24(35-25)23(30)17-8-6-14(2)7-9-17/h6-13,19-20H,5,28H2,1-4H3. The summed E-state index contributed by atoms with van der Waals surface area (Å²) in [7, 11) is 1.32. The Bertz CT molecular complexity index is 1320. The second kappa shape index (κ2) is 9.84. The fraction of sp³-hybridized carbons (Fsp3) is 0.259. The highest BCUT2D eigenvalue weighted by molar-refractivity contribution is 7.18. The Hall–Kier alpha value is -3.78. The minimum absolute atomic E-state index is 0.192. The van der Waals surface area contributed by atoms with Crippen LogP contribution in [0.1, 0.15) is 62.0 Å². The van der Waals surface area contributed by atoms with Gasteiger partial charge in [-0.2, -0.15) is 0 Å². The Morgan fingerprint density at radius 3 is 2.23 bits per heavy atom. The molecule has 2 atom stereocenters. The number of carbonyl (C=O) groups excluding carboxylic acids is 3. The molecular weight excluding hydrogens is 464 g/mol. The van der Waals surface area contributed by atoms with E-state index >= 15 is 0 Å². The van der Waals surface area contributed by atoms with Crippen LogP contribution in [-0.2, 0) is 14.3 Å². The molecule has 2 aromatic carbocycles. The van der Waals surface area contributed by atoms with Crippen molar-refractivity contribution in [1.29, 1.82) is 0 Å². The molecule has 0 fully saturated rings. The van der Waals surface area contributed by atoms with Gasteiger partial charge in [-0.1, -0.05) is 42.0 Å². The van der Waals surface area contributed by atoms with Crippen LogP contribution < -0.4 is 5.73 Å². The molecule has 0 bridgehead atoms. The summed E-state index contributed by atoms with van der Waals surface area (Å²) in [6.45, 7) is 5.70. The molecule has 8 heteroatoms. The van der Waals surface area contributed by atoms with E-state index in [0.717, 1.165) is 11.1 Å². The van der Waals surface area contributed by atoms with Gasteiger partial charge in [0.2, 0.25) is 5.78 Å². The normalized spacial score (nSPS) is 16.7. The minimum Gasteiger partial charge on any atom is -0.465 e. The Balaban J connectivity index is 1.85. The summed E-state index contributed by atoms with van der Waals surface area (Å²) >= 11 is 1.22. The number of hydrogen-bond acceptors (Lipinski definition) is 8. The van der Waals surface area contributed by atoms with Crippen molar-refractivity contribution in [2.45, 2.75) is 26.7 Å². The summed E-state index contributed by atoms with van der Waals surface area (Å²) < 4.78 is 10.2. The van der Waals surface area contributed by atoms with Crippen molar-refractivity contribution in [2.24, 2.45) is 10.9 Å². The van der Waals surface area contributed by atoms with Gasteiger partial charge in [0.15, 0.2) is 0 Å². The van der Waals surface area contributed by atoms with Crippen LogP contribution in [0, 0.1) is 12.8 Å². The largest absolute Gasteiger partial charge is 0.465 e. The SMILES string of the molecule is CCOC(=O)C1C(C)=Nc2sc(C(=O)c3ccc(C)cc3)c(N)c2C1c1ccc(C(=O)OC)cc1. The van der Waals surface area contributed by atoms with Crippen LogP contribution in [0.25, 0.3) is 0 Å². The highest BCUT2D eigenvalue weighted by Gasteiger charge is 2.42. The fourth-order valence-corrected chi connectivity index (χ4v) is 5.47. The molecule has 0 spiro atoms. The number of benzene rings is 2. The monoisotopic (exact) mass is 490 g/mol.